The van der Waals surface area contributed by atoms with Gasteiger partial charge in [-0.15, -0.1) is 0 Å². The van der Waals surface area contributed by atoms with Crippen LogP contribution >= 0.6 is 0 Å². The van der Waals surface area contributed by atoms with E-state index in [4.69, 9.17) is 0 Å². The van der Waals surface area contributed by atoms with E-state index in [9.17, 15) is 0 Å². The summed E-state index contributed by atoms with van der Waals surface area (Å²) in [4.78, 5) is 2.56. The zero-order valence-electron chi connectivity index (χ0n) is 8.47. The molecule has 0 amide bonds. The van der Waals surface area contributed by atoms with Gasteiger partial charge < -0.3 is 4.90 Å². The van der Waals surface area contributed by atoms with Gasteiger partial charge in [0.25, 0.3) is 0 Å². The predicted molar refractivity (Wildman–Crippen MR) is 54.1 cm³/mol. The monoisotopic (exact) mass is 167 g/mol. The van der Waals surface area contributed by atoms with Crippen molar-refractivity contribution >= 4 is 0 Å². The van der Waals surface area contributed by atoms with Crippen LogP contribution in [-0.4, -0.2) is 18.0 Å². The molecule has 0 saturated carbocycles. The highest BCUT2D eigenvalue weighted by molar-refractivity contribution is 5.02. The summed E-state index contributed by atoms with van der Waals surface area (Å²) in [7, 11) is 0. The molecule has 1 rings (SSSR count). The Bertz CT molecular complexity index is 143. The Morgan fingerprint density at radius 1 is 1.25 bits per heavy atom. The number of rotatable bonds is 4. The van der Waals surface area contributed by atoms with Crippen LogP contribution in [0.1, 0.15) is 46.0 Å². The van der Waals surface area contributed by atoms with Gasteiger partial charge in [-0.25, -0.2) is 0 Å². The second kappa shape index (κ2) is 5.23. The minimum absolute atomic E-state index is 1.19. The molecule has 0 aromatic heterocycles. The average molecular weight is 167 g/mol. The van der Waals surface area contributed by atoms with Gasteiger partial charge in [0.15, 0.2) is 0 Å². The van der Waals surface area contributed by atoms with Crippen LogP contribution < -0.4 is 0 Å². The molecule has 1 saturated heterocycles. The average Bonchev–Trinajstić information content (AvgIpc) is 2.56. The van der Waals surface area contributed by atoms with Gasteiger partial charge in [0.05, 0.1) is 0 Å². The fourth-order valence-electron chi connectivity index (χ4n) is 1.89. The molecule has 0 radical (unpaired) electrons. The zero-order chi connectivity index (χ0) is 8.81. The van der Waals surface area contributed by atoms with E-state index in [1.165, 1.54) is 45.2 Å². The summed E-state index contributed by atoms with van der Waals surface area (Å²) in [6, 6.07) is 0. The third-order valence-electron chi connectivity index (χ3n) is 2.46. The maximum Gasteiger partial charge on any atom is 0.0175 e. The second-order valence-electron chi connectivity index (χ2n) is 3.55. The first-order valence-electron chi connectivity index (χ1n) is 5.32. The lowest BCUT2D eigenvalue weighted by Crippen LogP contribution is -2.18. The van der Waals surface area contributed by atoms with Crippen molar-refractivity contribution in [3.05, 3.63) is 11.8 Å². The molecule has 1 nitrogen and oxygen atoms in total. The van der Waals surface area contributed by atoms with Gasteiger partial charge in [0.1, 0.15) is 0 Å². The Hall–Kier alpha value is -0.460. The molecule has 1 heterocycles. The van der Waals surface area contributed by atoms with Crippen LogP contribution in [-0.2, 0) is 0 Å². The lowest BCUT2D eigenvalue weighted by molar-refractivity contribution is 0.405. The van der Waals surface area contributed by atoms with Crippen LogP contribution in [0.3, 0.4) is 0 Å². The van der Waals surface area contributed by atoms with Crippen molar-refractivity contribution in [2.75, 3.05) is 13.1 Å². The highest BCUT2D eigenvalue weighted by Gasteiger charge is 2.12. The van der Waals surface area contributed by atoms with Crippen molar-refractivity contribution in [3.8, 4) is 0 Å². The lowest BCUT2D eigenvalue weighted by atomic mass is 10.2. The van der Waals surface area contributed by atoms with Gasteiger partial charge in [0, 0.05) is 18.8 Å². The molecular weight excluding hydrogens is 146 g/mol. The SMILES string of the molecule is CC/C=C(\CCC)N1CCCC1. The maximum absolute atomic E-state index is 2.56. The highest BCUT2D eigenvalue weighted by atomic mass is 15.1. The highest BCUT2D eigenvalue weighted by Crippen LogP contribution is 2.18. The fourth-order valence-corrected chi connectivity index (χ4v) is 1.89. The number of hydrogen-bond donors (Lipinski definition) is 0. The van der Waals surface area contributed by atoms with Crippen LogP contribution in [0.25, 0.3) is 0 Å². The van der Waals surface area contributed by atoms with E-state index in [1.807, 2.05) is 0 Å². The van der Waals surface area contributed by atoms with Crippen LogP contribution in [0.5, 0.6) is 0 Å². The maximum atomic E-state index is 2.56. The second-order valence-corrected chi connectivity index (χ2v) is 3.55. The van der Waals surface area contributed by atoms with Gasteiger partial charge in [-0.1, -0.05) is 26.3 Å². The Morgan fingerprint density at radius 3 is 2.42 bits per heavy atom. The molecule has 0 bridgehead atoms. The fraction of sp³-hybridized carbons (Fsp3) is 0.818. The molecule has 1 aliphatic rings. The number of likely N-dealkylation sites (tertiary alicyclic amines) is 1. The Labute approximate surface area is 76.5 Å². The molecule has 1 aliphatic heterocycles. The third kappa shape index (κ3) is 2.54. The quantitative estimate of drug-likeness (QED) is 0.621. The summed E-state index contributed by atoms with van der Waals surface area (Å²) in [5.41, 5.74) is 1.59. The van der Waals surface area contributed by atoms with E-state index in [0.717, 1.165) is 0 Å². The van der Waals surface area contributed by atoms with Crippen LogP contribution in [0.4, 0.5) is 0 Å². The molecule has 1 heteroatoms. The summed E-state index contributed by atoms with van der Waals surface area (Å²) in [6.45, 7) is 7.09. The molecule has 0 aliphatic carbocycles. The van der Waals surface area contributed by atoms with Gasteiger partial charge >= 0.3 is 0 Å². The van der Waals surface area contributed by atoms with Gasteiger partial charge in [-0.05, 0) is 25.7 Å². The summed E-state index contributed by atoms with van der Waals surface area (Å²) in [5.74, 6) is 0. The van der Waals surface area contributed by atoms with Crippen LogP contribution in [0.15, 0.2) is 11.8 Å². The normalized spacial score (nSPS) is 18.8. The lowest BCUT2D eigenvalue weighted by Gasteiger charge is -2.21. The smallest absolute Gasteiger partial charge is 0.0175 e. The Kier molecular flexibility index (Phi) is 4.20. The largest absolute Gasteiger partial charge is 0.375 e. The number of allylic oxidation sites excluding steroid dienone is 2. The van der Waals surface area contributed by atoms with Crippen LogP contribution in [0.2, 0.25) is 0 Å². The van der Waals surface area contributed by atoms with E-state index < -0.39 is 0 Å². The molecule has 0 unspecified atom stereocenters. The van der Waals surface area contributed by atoms with Crippen molar-refractivity contribution in [2.24, 2.45) is 0 Å². The first kappa shape index (κ1) is 9.63. The topological polar surface area (TPSA) is 3.24 Å². The minimum Gasteiger partial charge on any atom is -0.375 e. The van der Waals surface area contributed by atoms with Crippen molar-refractivity contribution < 1.29 is 0 Å². The summed E-state index contributed by atoms with van der Waals surface area (Å²) >= 11 is 0. The summed E-state index contributed by atoms with van der Waals surface area (Å²) in [6.07, 6.45) is 8.92. The van der Waals surface area contributed by atoms with Gasteiger partial charge in [0.2, 0.25) is 0 Å². The first-order chi connectivity index (χ1) is 5.88. The van der Waals surface area contributed by atoms with E-state index in [1.54, 1.807) is 5.70 Å². The third-order valence-corrected chi connectivity index (χ3v) is 2.46. The molecular formula is C11H21N. The Balaban J connectivity index is 2.45. The number of nitrogens with zero attached hydrogens (tertiary/aromatic N) is 1. The van der Waals surface area contributed by atoms with Crippen molar-refractivity contribution in [1.82, 2.24) is 4.90 Å². The predicted octanol–water partition coefficient (Wildman–Crippen LogP) is 3.18. The molecule has 0 spiro atoms. The van der Waals surface area contributed by atoms with Gasteiger partial charge in [-0.3, -0.25) is 0 Å². The summed E-state index contributed by atoms with van der Waals surface area (Å²) < 4.78 is 0. The molecule has 0 aromatic rings. The molecule has 70 valence electrons. The van der Waals surface area contributed by atoms with E-state index in [0.29, 0.717) is 0 Å². The minimum atomic E-state index is 1.19. The molecule has 0 atom stereocenters. The molecule has 0 N–H and O–H groups in total. The number of hydrogen-bond acceptors (Lipinski definition) is 1. The molecule has 12 heavy (non-hydrogen) atoms. The van der Waals surface area contributed by atoms with Crippen molar-refractivity contribution in [3.63, 3.8) is 0 Å². The molecule has 0 aromatic carbocycles. The van der Waals surface area contributed by atoms with Crippen molar-refractivity contribution in [2.45, 2.75) is 46.0 Å². The first-order valence-corrected chi connectivity index (χ1v) is 5.32. The Morgan fingerprint density at radius 2 is 1.92 bits per heavy atom. The zero-order valence-corrected chi connectivity index (χ0v) is 8.47. The van der Waals surface area contributed by atoms with E-state index in [-0.39, 0.29) is 0 Å². The molecule has 1 fully saturated rings. The van der Waals surface area contributed by atoms with Gasteiger partial charge in [-0.2, -0.15) is 0 Å². The van der Waals surface area contributed by atoms with Crippen molar-refractivity contribution in [1.29, 1.82) is 0 Å². The van der Waals surface area contributed by atoms with E-state index >= 15 is 0 Å². The van der Waals surface area contributed by atoms with E-state index in [2.05, 4.69) is 24.8 Å². The summed E-state index contributed by atoms with van der Waals surface area (Å²) in [5, 5.41) is 0. The van der Waals surface area contributed by atoms with Crippen LogP contribution in [0, 0.1) is 0 Å². The standard InChI is InChI=1S/C11H21N/c1-3-7-11(8-4-2)12-9-5-6-10-12/h7H,3-6,8-10H2,1-2H3/b11-7+.